The Morgan fingerprint density at radius 2 is 0.907 bits per heavy atom. The van der Waals surface area contributed by atoms with E-state index in [2.05, 4.69) is 196 Å². The maximum Gasteiger partial charge on any atom is 0.136 e. The Bertz CT molecular complexity index is 2890. The third-order valence-corrected chi connectivity index (χ3v) is 12.4. The molecule has 0 saturated heterocycles. The van der Waals surface area contributed by atoms with E-state index in [1.807, 2.05) is 0 Å². The van der Waals surface area contributed by atoms with Crippen LogP contribution in [-0.2, 0) is 10.8 Å². The van der Waals surface area contributed by atoms with Gasteiger partial charge in [-0.3, -0.25) is 0 Å². The van der Waals surface area contributed by atoms with E-state index < -0.39 is 0 Å². The second-order valence-corrected chi connectivity index (χ2v) is 16.1. The van der Waals surface area contributed by atoms with Gasteiger partial charge in [-0.2, -0.15) is 0 Å². The summed E-state index contributed by atoms with van der Waals surface area (Å²) in [6.45, 7) is 9.45. The average molecular weight is 694 g/mol. The molecule has 1 heterocycles. The van der Waals surface area contributed by atoms with Crippen LogP contribution in [-0.4, -0.2) is 0 Å². The molecule has 9 aromatic rings. The minimum absolute atomic E-state index is 0.104. The van der Waals surface area contributed by atoms with Gasteiger partial charge in [-0.05, 0) is 104 Å². The van der Waals surface area contributed by atoms with E-state index in [-0.39, 0.29) is 10.8 Å². The van der Waals surface area contributed by atoms with Gasteiger partial charge in [0.15, 0.2) is 0 Å². The first kappa shape index (κ1) is 31.2. The molecule has 2 heteroatoms. The molecule has 0 radical (unpaired) electrons. The molecule has 0 bridgehead atoms. The lowest BCUT2D eigenvalue weighted by molar-refractivity contribution is 0.660. The molecule has 2 aliphatic rings. The minimum atomic E-state index is -0.104. The predicted molar refractivity (Wildman–Crippen MR) is 226 cm³/mol. The smallest absolute Gasteiger partial charge is 0.136 e. The van der Waals surface area contributed by atoms with Crippen molar-refractivity contribution >= 4 is 49.8 Å². The van der Waals surface area contributed by atoms with Gasteiger partial charge >= 0.3 is 0 Å². The van der Waals surface area contributed by atoms with E-state index in [0.29, 0.717) is 0 Å². The highest BCUT2D eigenvalue weighted by atomic mass is 16.3. The molecule has 54 heavy (non-hydrogen) atoms. The Labute approximate surface area is 315 Å². The molecule has 0 N–H and O–H groups in total. The molecule has 0 amide bonds. The van der Waals surface area contributed by atoms with Crippen LogP contribution in [0.2, 0.25) is 0 Å². The van der Waals surface area contributed by atoms with Crippen molar-refractivity contribution in [1.29, 1.82) is 0 Å². The number of fused-ring (bicyclic) bond motifs is 10. The Morgan fingerprint density at radius 1 is 0.407 bits per heavy atom. The van der Waals surface area contributed by atoms with Gasteiger partial charge in [0.1, 0.15) is 11.2 Å². The molecule has 258 valence electrons. The van der Waals surface area contributed by atoms with Gasteiger partial charge in [0, 0.05) is 38.4 Å². The maximum atomic E-state index is 6.35. The monoisotopic (exact) mass is 693 g/mol. The second kappa shape index (κ2) is 11.1. The number of nitrogens with zero attached hydrogens (tertiary/aromatic N) is 1. The fourth-order valence-electron chi connectivity index (χ4n) is 9.70. The number of rotatable bonds is 4. The zero-order valence-corrected chi connectivity index (χ0v) is 30.9. The van der Waals surface area contributed by atoms with Crippen LogP contribution < -0.4 is 4.90 Å². The zero-order chi connectivity index (χ0) is 36.3. The molecule has 0 unspecified atom stereocenters. The summed E-state index contributed by atoms with van der Waals surface area (Å²) in [6.07, 6.45) is 0. The predicted octanol–water partition coefficient (Wildman–Crippen LogP) is 14.5. The number of benzene rings is 8. The molecular formula is C52H39NO. The zero-order valence-electron chi connectivity index (χ0n) is 30.9. The highest BCUT2D eigenvalue weighted by molar-refractivity contribution is 6.11. The second-order valence-electron chi connectivity index (χ2n) is 16.1. The summed E-state index contributed by atoms with van der Waals surface area (Å²) in [6, 6.07) is 60.4. The summed E-state index contributed by atoms with van der Waals surface area (Å²) < 4.78 is 6.35. The molecule has 2 nitrogen and oxygen atoms in total. The largest absolute Gasteiger partial charge is 0.456 e. The van der Waals surface area contributed by atoms with E-state index in [9.17, 15) is 0 Å². The summed E-state index contributed by atoms with van der Waals surface area (Å²) in [5.41, 5.74) is 18.2. The van der Waals surface area contributed by atoms with Gasteiger partial charge in [-0.15, -0.1) is 0 Å². The van der Waals surface area contributed by atoms with Gasteiger partial charge < -0.3 is 9.32 Å². The molecule has 11 rings (SSSR count). The van der Waals surface area contributed by atoms with Crippen molar-refractivity contribution in [1.82, 2.24) is 0 Å². The topological polar surface area (TPSA) is 16.4 Å². The first-order valence-corrected chi connectivity index (χ1v) is 19.0. The third-order valence-electron chi connectivity index (χ3n) is 12.4. The number of hydrogen-bond donors (Lipinski definition) is 0. The highest BCUT2D eigenvalue weighted by Gasteiger charge is 2.40. The number of hydrogen-bond acceptors (Lipinski definition) is 2. The van der Waals surface area contributed by atoms with Gasteiger partial charge in [-0.25, -0.2) is 0 Å². The Hall–Kier alpha value is -6.38. The van der Waals surface area contributed by atoms with Crippen molar-refractivity contribution in [2.24, 2.45) is 0 Å². The molecule has 1 aromatic heterocycles. The fourth-order valence-corrected chi connectivity index (χ4v) is 9.70. The van der Waals surface area contributed by atoms with Crippen molar-refractivity contribution < 1.29 is 4.42 Å². The van der Waals surface area contributed by atoms with Gasteiger partial charge in [0.2, 0.25) is 0 Å². The van der Waals surface area contributed by atoms with E-state index in [1.165, 1.54) is 77.8 Å². The molecule has 0 fully saturated rings. The molecule has 2 aliphatic carbocycles. The van der Waals surface area contributed by atoms with E-state index >= 15 is 0 Å². The normalized spacial score (nSPS) is 14.6. The van der Waals surface area contributed by atoms with Crippen LogP contribution in [0.25, 0.3) is 66.1 Å². The number of anilines is 3. The number of furan rings is 1. The lowest BCUT2D eigenvalue weighted by atomic mass is 9.82. The van der Waals surface area contributed by atoms with E-state index in [1.54, 1.807) is 0 Å². The van der Waals surface area contributed by atoms with Crippen LogP contribution in [0.15, 0.2) is 168 Å². The Morgan fingerprint density at radius 3 is 1.52 bits per heavy atom. The van der Waals surface area contributed by atoms with Crippen LogP contribution in [0.1, 0.15) is 49.9 Å². The maximum absolute atomic E-state index is 6.35. The summed E-state index contributed by atoms with van der Waals surface area (Å²) in [7, 11) is 0. The van der Waals surface area contributed by atoms with Crippen LogP contribution >= 0.6 is 0 Å². The average Bonchev–Trinajstić information content (AvgIpc) is 3.76. The summed E-state index contributed by atoms with van der Waals surface area (Å²) >= 11 is 0. The van der Waals surface area contributed by atoms with E-state index in [4.69, 9.17) is 4.42 Å². The van der Waals surface area contributed by atoms with Crippen LogP contribution in [0.3, 0.4) is 0 Å². The third kappa shape index (κ3) is 4.28. The van der Waals surface area contributed by atoms with Crippen molar-refractivity contribution in [2.45, 2.75) is 38.5 Å². The first-order chi connectivity index (χ1) is 26.3. The van der Waals surface area contributed by atoms with Crippen molar-refractivity contribution in [3.63, 3.8) is 0 Å². The SMILES string of the molecule is CC1(C)c2ccccc2-c2c(N(c3ccc(-c4ccc5oc6cc7ccccc7cc6c5c4)cc3)c3cccc4c3-c3ccccc3C4(C)C)cccc21. The quantitative estimate of drug-likeness (QED) is 0.182. The Kier molecular flexibility index (Phi) is 6.39. The lowest BCUT2D eigenvalue weighted by Crippen LogP contribution is -2.17. The standard InChI is InChI=1S/C52H39NO/c1-51(2)41-17-9-7-15-37(41)49-43(51)19-11-21-45(49)53(46-22-12-20-44-50(46)38-16-8-10-18-42(38)52(44,3)4)36-26-23-32(24-27-36)35-25-28-47-39(30-35)40-29-33-13-5-6-14-34(33)31-48(40)54-47/h5-31H,1-4H3. The van der Waals surface area contributed by atoms with Gasteiger partial charge in [-0.1, -0.05) is 143 Å². The van der Waals surface area contributed by atoms with Crippen molar-refractivity contribution in [2.75, 3.05) is 4.90 Å². The summed E-state index contributed by atoms with van der Waals surface area (Å²) in [5, 5.41) is 4.70. The molecule has 0 atom stereocenters. The van der Waals surface area contributed by atoms with Gasteiger partial charge in [0.25, 0.3) is 0 Å². The molecule has 8 aromatic carbocycles. The van der Waals surface area contributed by atoms with Crippen molar-refractivity contribution in [3.8, 4) is 33.4 Å². The molecule has 0 spiro atoms. The summed E-state index contributed by atoms with van der Waals surface area (Å²) in [5.74, 6) is 0. The molecule has 0 aliphatic heterocycles. The first-order valence-electron chi connectivity index (χ1n) is 19.0. The van der Waals surface area contributed by atoms with Crippen molar-refractivity contribution in [3.05, 3.63) is 186 Å². The van der Waals surface area contributed by atoms with Gasteiger partial charge in [0.05, 0.1) is 11.4 Å². The molecule has 0 saturated carbocycles. The lowest BCUT2D eigenvalue weighted by Gasteiger charge is -2.31. The Balaban J connectivity index is 1.11. The van der Waals surface area contributed by atoms with Crippen LogP contribution in [0, 0.1) is 0 Å². The van der Waals surface area contributed by atoms with E-state index in [0.717, 1.165) is 27.6 Å². The van der Waals surface area contributed by atoms with Crippen LogP contribution in [0.5, 0.6) is 0 Å². The summed E-state index contributed by atoms with van der Waals surface area (Å²) in [4.78, 5) is 2.52. The highest BCUT2D eigenvalue weighted by Crippen LogP contribution is 2.58. The minimum Gasteiger partial charge on any atom is -0.456 e. The fraction of sp³-hybridized carbons (Fsp3) is 0.115. The van der Waals surface area contributed by atoms with Crippen LogP contribution in [0.4, 0.5) is 17.1 Å². The molecular weight excluding hydrogens is 655 g/mol.